The second-order valence-corrected chi connectivity index (χ2v) is 6.37. The van der Waals surface area contributed by atoms with Crippen molar-refractivity contribution in [2.45, 2.75) is 51.7 Å². The van der Waals surface area contributed by atoms with Gasteiger partial charge in [-0.1, -0.05) is 6.92 Å². The molecule has 0 atom stereocenters. The summed E-state index contributed by atoms with van der Waals surface area (Å²) in [5.74, 6) is 0. The number of pyridine rings is 1. The minimum atomic E-state index is 0.501. The molecule has 0 N–H and O–H groups in total. The first-order chi connectivity index (χ1) is 8.21. The van der Waals surface area contributed by atoms with E-state index in [0.29, 0.717) is 6.10 Å². The first-order valence-corrected chi connectivity index (χ1v) is 7.25. The van der Waals surface area contributed by atoms with Gasteiger partial charge in [0.1, 0.15) is 0 Å². The van der Waals surface area contributed by atoms with Crippen LogP contribution in [0.4, 0.5) is 0 Å². The highest BCUT2D eigenvalue weighted by Crippen LogP contribution is 2.61. The number of ether oxygens (including phenoxy) is 1. The summed E-state index contributed by atoms with van der Waals surface area (Å²) in [6, 6.07) is 2.14. The van der Waals surface area contributed by atoms with E-state index < -0.39 is 0 Å². The van der Waals surface area contributed by atoms with E-state index in [1.54, 1.807) is 0 Å². The van der Waals surface area contributed by atoms with Crippen molar-refractivity contribution in [3.63, 3.8) is 0 Å². The highest BCUT2D eigenvalue weighted by molar-refractivity contribution is 9.10. The smallest absolute Gasteiger partial charge is 0.0738 e. The Morgan fingerprint density at radius 1 is 1.47 bits per heavy atom. The molecule has 2 aliphatic rings. The maximum atomic E-state index is 5.98. The van der Waals surface area contributed by atoms with Crippen LogP contribution in [0.1, 0.15) is 43.9 Å². The molecule has 2 saturated carbocycles. The van der Waals surface area contributed by atoms with E-state index in [1.165, 1.54) is 31.2 Å². The number of halogens is 1. The van der Waals surface area contributed by atoms with Gasteiger partial charge in [0.15, 0.2) is 0 Å². The zero-order valence-electron chi connectivity index (χ0n) is 10.2. The average molecular weight is 296 g/mol. The summed E-state index contributed by atoms with van der Waals surface area (Å²) in [5, 5.41) is 0. The number of aromatic nitrogens is 1. The van der Waals surface area contributed by atoms with Crippen molar-refractivity contribution in [1.29, 1.82) is 0 Å². The summed E-state index contributed by atoms with van der Waals surface area (Å²) in [4.78, 5) is 4.43. The Bertz CT molecular complexity index is 420. The molecule has 17 heavy (non-hydrogen) atoms. The van der Waals surface area contributed by atoms with E-state index >= 15 is 0 Å². The van der Waals surface area contributed by atoms with E-state index in [2.05, 4.69) is 33.9 Å². The Morgan fingerprint density at radius 2 is 2.24 bits per heavy atom. The number of aryl methyl sites for hydroxylation is 1. The van der Waals surface area contributed by atoms with Gasteiger partial charge in [-0.3, -0.25) is 4.98 Å². The van der Waals surface area contributed by atoms with Crippen molar-refractivity contribution < 1.29 is 4.74 Å². The summed E-state index contributed by atoms with van der Waals surface area (Å²) in [7, 11) is 0. The fourth-order valence-electron chi connectivity index (χ4n) is 2.77. The molecule has 1 aromatic heterocycles. The fourth-order valence-corrected chi connectivity index (χ4v) is 3.15. The van der Waals surface area contributed by atoms with Gasteiger partial charge in [0.25, 0.3) is 0 Å². The molecule has 0 bridgehead atoms. The molecule has 0 unspecified atom stereocenters. The summed E-state index contributed by atoms with van der Waals surface area (Å²) in [6.45, 7) is 2.86. The maximum absolute atomic E-state index is 5.98. The highest BCUT2D eigenvalue weighted by Gasteiger charge is 2.53. The Morgan fingerprint density at radius 3 is 2.88 bits per heavy atom. The van der Waals surface area contributed by atoms with Crippen LogP contribution in [0.3, 0.4) is 0 Å². The van der Waals surface area contributed by atoms with Crippen LogP contribution in [-0.4, -0.2) is 11.1 Å². The van der Waals surface area contributed by atoms with Gasteiger partial charge in [-0.05, 0) is 59.5 Å². The third-order valence-corrected chi connectivity index (χ3v) is 4.55. The van der Waals surface area contributed by atoms with Gasteiger partial charge in [0.05, 0.1) is 12.7 Å². The molecule has 3 heteroatoms. The van der Waals surface area contributed by atoms with E-state index in [4.69, 9.17) is 4.74 Å². The Kier molecular flexibility index (Phi) is 2.99. The molecule has 2 nitrogen and oxygen atoms in total. The van der Waals surface area contributed by atoms with Crippen molar-refractivity contribution in [2.75, 3.05) is 0 Å². The van der Waals surface area contributed by atoms with Crippen LogP contribution < -0.4 is 0 Å². The molecule has 0 aliphatic heterocycles. The molecule has 0 amide bonds. The summed E-state index contributed by atoms with van der Waals surface area (Å²) >= 11 is 3.47. The van der Waals surface area contributed by atoms with Crippen LogP contribution in [0.15, 0.2) is 16.7 Å². The third kappa shape index (κ3) is 2.41. The SMILES string of the molecule is CCc1ncc(Br)cc1COC1CC2(CC2)C1. The molecule has 0 saturated heterocycles. The molecule has 1 aromatic rings. The molecule has 2 fully saturated rings. The number of nitrogens with zero attached hydrogens (tertiary/aromatic N) is 1. The quantitative estimate of drug-likeness (QED) is 0.841. The molecule has 0 radical (unpaired) electrons. The third-order valence-electron chi connectivity index (χ3n) is 4.11. The van der Waals surface area contributed by atoms with Crippen molar-refractivity contribution in [3.05, 3.63) is 28.0 Å². The molecule has 1 heterocycles. The lowest BCUT2D eigenvalue weighted by Gasteiger charge is -2.35. The van der Waals surface area contributed by atoms with Gasteiger partial charge < -0.3 is 4.74 Å². The Hall–Kier alpha value is -0.410. The molecule has 2 aliphatic carbocycles. The van der Waals surface area contributed by atoms with Crippen molar-refractivity contribution in [3.8, 4) is 0 Å². The van der Waals surface area contributed by atoms with Gasteiger partial charge >= 0.3 is 0 Å². The molecule has 1 spiro atoms. The Labute approximate surface area is 111 Å². The number of rotatable bonds is 4. The van der Waals surface area contributed by atoms with Crippen LogP contribution >= 0.6 is 15.9 Å². The van der Waals surface area contributed by atoms with E-state index in [1.807, 2.05) is 6.20 Å². The number of hydrogen-bond donors (Lipinski definition) is 0. The predicted octanol–water partition coefficient (Wildman–Crippen LogP) is 3.87. The van der Waals surface area contributed by atoms with Gasteiger partial charge in [0.2, 0.25) is 0 Å². The first-order valence-electron chi connectivity index (χ1n) is 6.46. The highest BCUT2D eigenvalue weighted by atomic mass is 79.9. The summed E-state index contributed by atoms with van der Waals surface area (Å²) in [5.41, 5.74) is 3.13. The summed E-state index contributed by atoms with van der Waals surface area (Å²) < 4.78 is 7.02. The lowest BCUT2D eigenvalue weighted by molar-refractivity contribution is -0.0498. The average Bonchev–Trinajstić information content (AvgIpc) is 3.05. The minimum absolute atomic E-state index is 0.501. The normalized spacial score (nSPS) is 21.5. The lowest BCUT2D eigenvalue weighted by atomic mass is 9.79. The molecule has 3 rings (SSSR count). The number of hydrogen-bond acceptors (Lipinski definition) is 2. The van der Waals surface area contributed by atoms with Crippen molar-refractivity contribution >= 4 is 15.9 Å². The Balaban J connectivity index is 1.58. The van der Waals surface area contributed by atoms with E-state index in [9.17, 15) is 0 Å². The minimum Gasteiger partial charge on any atom is -0.373 e. The zero-order valence-corrected chi connectivity index (χ0v) is 11.8. The summed E-state index contributed by atoms with van der Waals surface area (Å²) in [6.07, 6.45) is 8.79. The van der Waals surface area contributed by atoms with Crippen molar-refractivity contribution in [1.82, 2.24) is 4.98 Å². The van der Waals surface area contributed by atoms with Crippen LogP contribution in [-0.2, 0) is 17.8 Å². The molecule has 92 valence electrons. The second kappa shape index (κ2) is 4.36. The van der Waals surface area contributed by atoms with Crippen LogP contribution in [0.2, 0.25) is 0 Å². The predicted molar refractivity (Wildman–Crippen MR) is 70.8 cm³/mol. The fraction of sp³-hybridized carbons (Fsp3) is 0.643. The first kappa shape index (κ1) is 11.7. The maximum Gasteiger partial charge on any atom is 0.0738 e. The van der Waals surface area contributed by atoms with Gasteiger partial charge in [0, 0.05) is 21.9 Å². The topological polar surface area (TPSA) is 22.1 Å². The van der Waals surface area contributed by atoms with Crippen molar-refractivity contribution in [2.24, 2.45) is 5.41 Å². The monoisotopic (exact) mass is 295 g/mol. The van der Waals surface area contributed by atoms with Crippen LogP contribution in [0.25, 0.3) is 0 Å². The lowest BCUT2D eigenvalue weighted by Crippen LogP contribution is -2.32. The largest absolute Gasteiger partial charge is 0.373 e. The molecular weight excluding hydrogens is 278 g/mol. The molecule has 0 aromatic carbocycles. The molecular formula is C14H18BrNO. The van der Waals surface area contributed by atoms with E-state index in [0.717, 1.165) is 28.6 Å². The van der Waals surface area contributed by atoms with E-state index in [-0.39, 0.29) is 0 Å². The second-order valence-electron chi connectivity index (χ2n) is 5.45. The standard InChI is InChI=1S/C14H18BrNO/c1-2-13-10(5-11(15)8-16-13)9-17-12-6-14(7-12)3-4-14/h5,8,12H,2-4,6-7,9H2,1H3. The zero-order chi connectivity index (χ0) is 11.9. The van der Waals surface area contributed by atoms with Gasteiger partial charge in [-0.2, -0.15) is 0 Å². The van der Waals surface area contributed by atoms with Gasteiger partial charge in [-0.15, -0.1) is 0 Å². The van der Waals surface area contributed by atoms with Gasteiger partial charge in [-0.25, -0.2) is 0 Å². The van der Waals surface area contributed by atoms with Crippen LogP contribution in [0, 0.1) is 5.41 Å². The van der Waals surface area contributed by atoms with Crippen LogP contribution in [0.5, 0.6) is 0 Å².